The van der Waals surface area contributed by atoms with Gasteiger partial charge in [-0.05, 0) is 27.1 Å². The van der Waals surface area contributed by atoms with Gasteiger partial charge in [-0.2, -0.15) is 5.10 Å². The molecule has 6 heteroatoms. The van der Waals surface area contributed by atoms with Gasteiger partial charge in [-0.1, -0.05) is 0 Å². The van der Waals surface area contributed by atoms with Crippen molar-refractivity contribution in [1.82, 2.24) is 20.0 Å². The second kappa shape index (κ2) is 5.50. The van der Waals surface area contributed by atoms with Gasteiger partial charge >= 0.3 is 0 Å². The Kier molecular flexibility index (Phi) is 4.30. The molecular formula is C10H19N5O. The van der Waals surface area contributed by atoms with Crippen LogP contribution in [0.15, 0.2) is 6.20 Å². The van der Waals surface area contributed by atoms with E-state index in [1.165, 1.54) is 10.9 Å². The van der Waals surface area contributed by atoms with Crippen molar-refractivity contribution >= 4 is 11.7 Å². The first-order chi connectivity index (χ1) is 7.52. The Balaban J connectivity index is 2.39. The molecule has 90 valence electrons. The van der Waals surface area contributed by atoms with Crippen LogP contribution in [0.3, 0.4) is 0 Å². The maximum absolute atomic E-state index is 11.7. The molecule has 0 aliphatic heterocycles. The summed E-state index contributed by atoms with van der Waals surface area (Å²) in [4.78, 5) is 13.7. The maximum Gasteiger partial charge on any atom is 0.256 e. The molecule has 0 saturated carbocycles. The van der Waals surface area contributed by atoms with E-state index in [4.69, 9.17) is 5.73 Å². The zero-order valence-corrected chi connectivity index (χ0v) is 10.0. The van der Waals surface area contributed by atoms with Crippen molar-refractivity contribution in [1.29, 1.82) is 0 Å². The van der Waals surface area contributed by atoms with Crippen LogP contribution in [0.2, 0.25) is 0 Å². The summed E-state index contributed by atoms with van der Waals surface area (Å²) in [5.74, 6) is 0.231. The van der Waals surface area contributed by atoms with Crippen molar-refractivity contribution in [2.75, 3.05) is 32.9 Å². The highest BCUT2D eigenvalue weighted by Gasteiger charge is 2.12. The van der Waals surface area contributed by atoms with Crippen LogP contribution < -0.4 is 11.1 Å². The number of nitrogen functional groups attached to an aromatic ring is 1. The molecule has 3 N–H and O–H groups in total. The Hall–Kier alpha value is -1.56. The Bertz CT molecular complexity index is 358. The monoisotopic (exact) mass is 225 g/mol. The number of carbonyl (C=O) groups is 1. The Labute approximate surface area is 95.4 Å². The lowest BCUT2D eigenvalue weighted by atomic mass is 10.3. The summed E-state index contributed by atoms with van der Waals surface area (Å²) in [5, 5.41) is 6.73. The summed E-state index contributed by atoms with van der Waals surface area (Å²) in [7, 11) is 5.71. The van der Waals surface area contributed by atoms with Crippen molar-refractivity contribution in [3.8, 4) is 0 Å². The molecule has 0 fully saturated rings. The highest BCUT2D eigenvalue weighted by molar-refractivity contribution is 5.98. The maximum atomic E-state index is 11.7. The van der Waals surface area contributed by atoms with Crippen LogP contribution in [0.25, 0.3) is 0 Å². The van der Waals surface area contributed by atoms with Gasteiger partial charge in [-0.25, -0.2) is 0 Å². The van der Waals surface area contributed by atoms with Crippen LogP contribution in [-0.2, 0) is 7.05 Å². The second-order valence-corrected chi connectivity index (χ2v) is 3.98. The molecule has 1 aromatic heterocycles. The summed E-state index contributed by atoms with van der Waals surface area (Å²) in [6.45, 7) is 1.59. The van der Waals surface area contributed by atoms with E-state index >= 15 is 0 Å². The molecule has 0 aromatic carbocycles. The first-order valence-electron chi connectivity index (χ1n) is 5.22. The molecule has 0 bridgehead atoms. The minimum atomic E-state index is -0.163. The number of hydrogen-bond donors (Lipinski definition) is 2. The summed E-state index contributed by atoms with van der Waals surface area (Å²) in [5.41, 5.74) is 6.12. The van der Waals surface area contributed by atoms with E-state index in [-0.39, 0.29) is 5.91 Å². The molecule has 1 amide bonds. The van der Waals surface area contributed by atoms with Crippen molar-refractivity contribution < 1.29 is 4.79 Å². The molecular weight excluding hydrogens is 206 g/mol. The Morgan fingerprint density at radius 1 is 1.62 bits per heavy atom. The Morgan fingerprint density at radius 2 is 2.31 bits per heavy atom. The average molecular weight is 225 g/mol. The number of aryl methyl sites for hydroxylation is 1. The van der Waals surface area contributed by atoms with E-state index in [0.29, 0.717) is 17.9 Å². The van der Waals surface area contributed by atoms with Crippen LogP contribution in [0.1, 0.15) is 16.8 Å². The predicted octanol–water partition coefficient (Wildman–Crippen LogP) is -0.316. The fourth-order valence-electron chi connectivity index (χ4n) is 1.31. The molecule has 6 nitrogen and oxygen atoms in total. The number of aromatic nitrogens is 2. The van der Waals surface area contributed by atoms with Crippen LogP contribution in [0, 0.1) is 0 Å². The zero-order valence-electron chi connectivity index (χ0n) is 10.0. The topological polar surface area (TPSA) is 76.2 Å². The third kappa shape index (κ3) is 3.23. The third-order valence-corrected chi connectivity index (χ3v) is 2.30. The van der Waals surface area contributed by atoms with Crippen molar-refractivity contribution in [3.05, 3.63) is 11.8 Å². The van der Waals surface area contributed by atoms with Crippen molar-refractivity contribution in [2.24, 2.45) is 7.05 Å². The van der Waals surface area contributed by atoms with Crippen molar-refractivity contribution in [2.45, 2.75) is 6.42 Å². The molecule has 0 unspecified atom stereocenters. The largest absolute Gasteiger partial charge is 0.383 e. The first-order valence-corrected chi connectivity index (χ1v) is 5.22. The lowest BCUT2D eigenvalue weighted by Crippen LogP contribution is -2.27. The number of amides is 1. The molecule has 16 heavy (non-hydrogen) atoms. The molecule has 0 spiro atoms. The van der Waals surface area contributed by atoms with Gasteiger partial charge in [-0.3, -0.25) is 9.48 Å². The van der Waals surface area contributed by atoms with E-state index in [2.05, 4.69) is 15.3 Å². The zero-order chi connectivity index (χ0) is 12.1. The summed E-state index contributed by atoms with van der Waals surface area (Å²) in [6, 6.07) is 0. The van der Waals surface area contributed by atoms with Gasteiger partial charge in [0.1, 0.15) is 11.4 Å². The van der Waals surface area contributed by atoms with Crippen LogP contribution >= 0.6 is 0 Å². The average Bonchev–Trinajstić information content (AvgIpc) is 2.54. The standard InChI is InChI=1S/C10H19N5O/c1-14(2)6-4-5-12-10(16)8-7-13-15(3)9(8)11/h7H,4-6,11H2,1-3H3,(H,12,16). The van der Waals surface area contributed by atoms with Crippen LogP contribution in [0.5, 0.6) is 0 Å². The van der Waals surface area contributed by atoms with E-state index in [1.807, 2.05) is 14.1 Å². The fourth-order valence-corrected chi connectivity index (χ4v) is 1.31. The Morgan fingerprint density at radius 3 is 2.81 bits per heavy atom. The van der Waals surface area contributed by atoms with E-state index in [9.17, 15) is 4.79 Å². The molecule has 1 aromatic rings. The second-order valence-electron chi connectivity index (χ2n) is 3.98. The van der Waals surface area contributed by atoms with E-state index < -0.39 is 0 Å². The van der Waals surface area contributed by atoms with Gasteiger partial charge in [0.05, 0.1) is 6.20 Å². The lowest BCUT2D eigenvalue weighted by molar-refractivity contribution is 0.0953. The van der Waals surface area contributed by atoms with Crippen molar-refractivity contribution in [3.63, 3.8) is 0 Å². The molecule has 1 rings (SSSR count). The lowest BCUT2D eigenvalue weighted by Gasteiger charge is -2.09. The van der Waals surface area contributed by atoms with E-state index in [1.54, 1.807) is 7.05 Å². The third-order valence-electron chi connectivity index (χ3n) is 2.30. The smallest absolute Gasteiger partial charge is 0.256 e. The number of nitrogens with two attached hydrogens (primary N) is 1. The molecule has 0 aliphatic rings. The van der Waals surface area contributed by atoms with Crippen LogP contribution in [-0.4, -0.2) is 47.8 Å². The molecule has 0 aliphatic carbocycles. The minimum Gasteiger partial charge on any atom is -0.383 e. The summed E-state index contributed by atoms with van der Waals surface area (Å²) in [6.07, 6.45) is 2.40. The number of anilines is 1. The first kappa shape index (κ1) is 12.5. The minimum absolute atomic E-state index is 0.163. The normalized spacial score (nSPS) is 10.8. The fraction of sp³-hybridized carbons (Fsp3) is 0.600. The SMILES string of the molecule is CN(C)CCCNC(=O)c1cnn(C)c1N. The summed E-state index contributed by atoms with van der Waals surface area (Å²) < 4.78 is 1.48. The summed E-state index contributed by atoms with van der Waals surface area (Å²) >= 11 is 0. The molecule has 1 heterocycles. The highest BCUT2D eigenvalue weighted by atomic mass is 16.1. The van der Waals surface area contributed by atoms with Crippen LogP contribution in [0.4, 0.5) is 5.82 Å². The number of nitrogens with zero attached hydrogens (tertiary/aromatic N) is 3. The van der Waals surface area contributed by atoms with Gasteiger partial charge in [0.15, 0.2) is 0 Å². The number of rotatable bonds is 5. The van der Waals surface area contributed by atoms with Gasteiger partial charge in [0.25, 0.3) is 5.91 Å². The van der Waals surface area contributed by atoms with E-state index in [0.717, 1.165) is 13.0 Å². The van der Waals surface area contributed by atoms with Gasteiger partial charge in [0.2, 0.25) is 0 Å². The number of nitrogens with one attached hydrogen (secondary N) is 1. The quantitative estimate of drug-likeness (QED) is 0.674. The number of hydrogen-bond acceptors (Lipinski definition) is 4. The molecule has 0 radical (unpaired) electrons. The highest BCUT2D eigenvalue weighted by Crippen LogP contribution is 2.08. The molecule has 0 atom stereocenters. The predicted molar refractivity (Wildman–Crippen MR) is 63.1 cm³/mol. The van der Waals surface area contributed by atoms with Gasteiger partial charge in [-0.15, -0.1) is 0 Å². The molecule has 0 saturated heterocycles. The van der Waals surface area contributed by atoms with Gasteiger partial charge < -0.3 is 16.0 Å². The van der Waals surface area contributed by atoms with Gasteiger partial charge in [0, 0.05) is 13.6 Å². The number of carbonyl (C=O) groups excluding carboxylic acids is 1.